The number of nitrogens with one attached hydrogen (secondary N) is 1. The molecule has 2 heterocycles. The Morgan fingerprint density at radius 3 is 2.82 bits per heavy atom. The molecule has 0 amide bonds. The van der Waals surface area contributed by atoms with E-state index < -0.39 is 10.0 Å². The van der Waals surface area contributed by atoms with Gasteiger partial charge in [0.25, 0.3) is 0 Å². The number of hydrogen-bond donors (Lipinski definition) is 2. The van der Waals surface area contributed by atoms with Gasteiger partial charge in [-0.3, -0.25) is 4.98 Å². The molecule has 3 N–H and O–H groups in total. The lowest BCUT2D eigenvalue weighted by molar-refractivity contribution is 0.584. The molecular formula is C9H11N3O2S3. The summed E-state index contributed by atoms with van der Waals surface area (Å²) < 4.78 is 26.6. The van der Waals surface area contributed by atoms with E-state index in [4.69, 9.17) is 5.73 Å². The molecule has 0 saturated carbocycles. The van der Waals surface area contributed by atoms with Gasteiger partial charge in [0.1, 0.15) is 4.21 Å². The molecule has 0 bridgehead atoms. The maximum atomic E-state index is 11.9. The first-order valence-electron chi connectivity index (χ1n) is 4.76. The first-order valence-corrected chi connectivity index (χ1v) is 8.00. The quantitative estimate of drug-likeness (QED) is 0.864. The third-order valence-corrected chi connectivity index (χ3v) is 5.72. The Balaban J connectivity index is 2.08. The van der Waals surface area contributed by atoms with Gasteiger partial charge in [-0.15, -0.1) is 22.7 Å². The minimum absolute atomic E-state index is 0.267. The average Bonchev–Trinajstić information content (AvgIpc) is 2.98. The number of nitrogens with zero attached hydrogens (tertiary/aromatic N) is 1. The van der Waals surface area contributed by atoms with Gasteiger partial charge >= 0.3 is 0 Å². The summed E-state index contributed by atoms with van der Waals surface area (Å²) in [5, 5.41) is 1.75. The largest absolute Gasteiger partial charge is 0.326 e. The number of rotatable bonds is 5. The summed E-state index contributed by atoms with van der Waals surface area (Å²) in [4.78, 5) is 4.76. The van der Waals surface area contributed by atoms with E-state index in [1.54, 1.807) is 23.2 Å². The van der Waals surface area contributed by atoms with Gasteiger partial charge in [0.15, 0.2) is 0 Å². The third-order valence-electron chi connectivity index (χ3n) is 2.05. The summed E-state index contributed by atoms with van der Waals surface area (Å²) in [6.45, 7) is 0.615. The lowest BCUT2D eigenvalue weighted by Gasteiger charge is -2.02. The molecule has 0 aromatic carbocycles. The van der Waals surface area contributed by atoms with Crippen molar-refractivity contribution in [2.45, 2.75) is 17.3 Å². The third kappa shape index (κ3) is 3.11. The van der Waals surface area contributed by atoms with Gasteiger partial charge in [-0.25, -0.2) is 13.1 Å². The SMILES string of the molecule is NCc1csc(S(=O)(=O)NCc2cncs2)c1. The predicted octanol–water partition coefficient (Wildman–Crippen LogP) is 1.14. The molecular weight excluding hydrogens is 278 g/mol. The molecule has 0 aliphatic heterocycles. The molecule has 0 aliphatic carbocycles. The highest BCUT2D eigenvalue weighted by molar-refractivity contribution is 7.91. The van der Waals surface area contributed by atoms with Crippen LogP contribution in [0.15, 0.2) is 27.4 Å². The summed E-state index contributed by atoms with van der Waals surface area (Å²) in [6, 6.07) is 1.60. The van der Waals surface area contributed by atoms with Crippen molar-refractivity contribution in [2.75, 3.05) is 0 Å². The molecule has 2 rings (SSSR count). The highest BCUT2D eigenvalue weighted by atomic mass is 32.2. The zero-order chi connectivity index (χ0) is 12.3. The highest BCUT2D eigenvalue weighted by Gasteiger charge is 2.16. The summed E-state index contributed by atoms with van der Waals surface area (Å²) in [6.07, 6.45) is 1.65. The highest BCUT2D eigenvalue weighted by Crippen LogP contribution is 2.20. The second-order valence-corrected chi connectivity index (χ2v) is 7.15. The second kappa shape index (κ2) is 5.23. The summed E-state index contributed by atoms with van der Waals surface area (Å²) in [5.41, 5.74) is 7.94. The van der Waals surface area contributed by atoms with Crippen molar-refractivity contribution in [3.8, 4) is 0 Å². The maximum Gasteiger partial charge on any atom is 0.250 e. The lowest BCUT2D eigenvalue weighted by Crippen LogP contribution is -2.21. The molecule has 0 radical (unpaired) electrons. The molecule has 0 fully saturated rings. The summed E-state index contributed by atoms with van der Waals surface area (Å²) in [5.74, 6) is 0. The van der Waals surface area contributed by atoms with Crippen LogP contribution in [0, 0.1) is 0 Å². The van der Waals surface area contributed by atoms with Gasteiger partial charge in [0, 0.05) is 24.2 Å². The average molecular weight is 289 g/mol. The van der Waals surface area contributed by atoms with Gasteiger partial charge in [0.05, 0.1) is 5.51 Å². The van der Waals surface area contributed by atoms with Crippen LogP contribution in [0.1, 0.15) is 10.4 Å². The Hall–Kier alpha value is -0.800. The van der Waals surface area contributed by atoms with Crippen molar-refractivity contribution >= 4 is 32.7 Å². The van der Waals surface area contributed by atoms with E-state index in [1.807, 2.05) is 0 Å². The zero-order valence-corrected chi connectivity index (χ0v) is 11.2. The molecule has 92 valence electrons. The predicted molar refractivity (Wildman–Crippen MR) is 68.3 cm³/mol. The number of nitrogens with two attached hydrogens (primary N) is 1. The fraction of sp³-hybridized carbons (Fsp3) is 0.222. The van der Waals surface area contributed by atoms with Crippen LogP contribution >= 0.6 is 22.7 Å². The number of aromatic nitrogens is 1. The van der Waals surface area contributed by atoms with E-state index in [0.29, 0.717) is 10.8 Å². The van der Waals surface area contributed by atoms with Crippen LogP contribution in [0.3, 0.4) is 0 Å². The van der Waals surface area contributed by atoms with Crippen molar-refractivity contribution in [3.63, 3.8) is 0 Å². The van der Waals surface area contributed by atoms with Crippen LogP contribution in [0.2, 0.25) is 0 Å². The van der Waals surface area contributed by atoms with Gasteiger partial charge in [-0.1, -0.05) is 0 Å². The van der Waals surface area contributed by atoms with Crippen LogP contribution in [0.4, 0.5) is 0 Å². The number of sulfonamides is 1. The fourth-order valence-corrected chi connectivity index (χ4v) is 4.07. The molecule has 2 aromatic rings. The second-order valence-electron chi connectivity index (χ2n) is 3.27. The molecule has 0 saturated heterocycles. The summed E-state index contributed by atoms with van der Waals surface area (Å²) in [7, 11) is -3.43. The van der Waals surface area contributed by atoms with Gasteiger partial charge in [-0.2, -0.15) is 0 Å². The van der Waals surface area contributed by atoms with Crippen molar-refractivity contribution in [3.05, 3.63) is 33.6 Å². The van der Waals surface area contributed by atoms with E-state index in [9.17, 15) is 8.42 Å². The van der Waals surface area contributed by atoms with Crippen molar-refractivity contribution < 1.29 is 8.42 Å². The Bertz CT molecular complexity index is 574. The smallest absolute Gasteiger partial charge is 0.250 e. The number of thiophene rings is 1. The van der Waals surface area contributed by atoms with Gasteiger partial charge in [-0.05, 0) is 17.0 Å². The van der Waals surface area contributed by atoms with E-state index in [2.05, 4.69) is 9.71 Å². The molecule has 2 aromatic heterocycles. The molecule has 5 nitrogen and oxygen atoms in total. The Morgan fingerprint density at radius 1 is 1.41 bits per heavy atom. The molecule has 0 atom stereocenters. The van der Waals surface area contributed by atoms with E-state index in [-0.39, 0.29) is 6.54 Å². The monoisotopic (exact) mass is 289 g/mol. The Kier molecular flexibility index (Phi) is 3.89. The molecule has 0 unspecified atom stereocenters. The van der Waals surface area contributed by atoms with Crippen molar-refractivity contribution in [1.29, 1.82) is 0 Å². The van der Waals surface area contributed by atoms with Crippen LogP contribution in [0.25, 0.3) is 0 Å². The Morgan fingerprint density at radius 2 is 2.24 bits per heavy atom. The number of thiazole rings is 1. The Labute approximate surface area is 107 Å². The molecule has 8 heteroatoms. The minimum atomic E-state index is -3.43. The van der Waals surface area contributed by atoms with Crippen molar-refractivity contribution in [2.24, 2.45) is 5.73 Å². The summed E-state index contributed by atoms with van der Waals surface area (Å²) >= 11 is 2.59. The van der Waals surface area contributed by atoms with Crippen LogP contribution in [0.5, 0.6) is 0 Å². The molecule has 17 heavy (non-hydrogen) atoms. The fourth-order valence-electron chi connectivity index (χ4n) is 1.17. The van der Waals surface area contributed by atoms with Crippen LogP contribution < -0.4 is 10.5 Å². The minimum Gasteiger partial charge on any atom is -0.326 e. The molecule has 0 spiro atoms. The maximum absolute atomic E-state index is 11.9. The standard InChI is InChI=1S/C9H11N3O2S3/c10-2-7-1-9(15-5-7)17(13,14)12-4-8-3-11-6-16-8/h1,3,5-6,12H,2,4,10H2. The van der Waals surface area contributed by atoms with E-state index in [0.717, 1.165) is 10.4 Å². The first kappa shape index (κ1) is 12.7. The van der Waals surface area contributed by atoms with E-state index >= 15 is 0 Å². The van der Waals surface area contributed by atoms with E-state index in [1.165, 1.54) is 22.7 Å². The lowest BCUT2D eigenvalue weighted by atomic mass is 10.4. The normalized spacial score (nSPS) is 11.8. The first-order chi connectivity index (χ1) is 8.12. The molecule has 0 aliphatic rings. The topological polar surface area (TPSA) is 85.1 Å². The van der Waals surface area contributed by atoms with Crippen molar-refractivity contribution in [1.82, 2.24) is 9.71 Å². The van der Waals surface area contributed by atoms with Gasteiger partial charge in [0.2, 0.25) is 10.0 Å². The number of hydrogen-bond acceptors (Lipinski definition) is 6. The van der Waals surface area contributed by atoms with Gasteiger partial charge < -0.3 is 5.73 Å². The van der Waals surface area contributed by atoms with Crippen LogP contribution in [-0.2, 0) is 23.1 Å². The zero-order valence-electron chi connectivity index (χ0n) is 8.79. The van der Waals surface area contributed by atoms with Crippen LogP contribution in [-0.4, -0.2) is 13.4 Å².